The zero-order valence-electron chi connectivity index (χ0n) is 12.0. The highest BCUT2D eigenvalue weighted by molar-refractivity contribution is 5.74. The van der Waals surface area contributed by atoms with Gasteiger partial charge in [0.05, 0.1) is 5.41 Å². The first-order valence-corrected chi connectivity index (χ1v) is 7.30. The molecule has 0 amide bonds. The molecule has 1 unspecified atom stereocenters. The lowest BCUT2D eigenvalue weighted by Crippen LogP contribution is -2.49. The Hall–Kier alpha value is -0.570. The Labute approximate surface area is 111 Å². The molecule has 1 aliphatic heterocycles. The molecule has 104 valence electrons. The molecule has 1 saturated heterocycles. The van der Waals surface area contributed by atoms with E-state index in [9.17, 15) is 9.90 Å². The fraction of sp³-hybridized carbons (Fsp3) is 0.933. The third-order valence-corrected chi connectivity index (χ3v) is 5.11. The standard InChI is InChI=1S/C15H27NO2/c1-14(2)6-4-5-12(11-14)16-9-7-15(3,8-10-16)13(17)18/h12H,4-11H2,1-3H3,(H,17,18). The van der Waals surface area contributed by atoms with Gasteiger partial charge in [0.25, 0.3) is 0 Å². The quantitative estimate of drug-likeness (QED) is 0.822. The van der Waals surface area contributed by atoms with Gasteiger partial charge in [0.2, 0.25) is 0 Å². The van der Waals surface area contributed by atoms with Crippen molar-refractivity contribution < 1.29 is 9.90 Å². The average Bonchev–Trinajstić information content (AvgIpc) is 2.28. The summed E-state index contributed by atoms with van der Waals surface area (Å²) < 4.78 is 0. The van der Waals surface area contributed by atoms with Crippen LogP contribution in [-0.2, 0) is 4.79 Å². The normalized spacial score (nSPS) is 32.1. The molecule has 0 spiro atoms. The fourth-order valence-electron chi connectivity index (χ4n) is 3.57. The fourth-order valence-corrected chi connectivity index (χ4v) is 3.57. The molecule has 2 aliphatic rings. The van der Waals surface area contributed by atoms with E-state index in [0.29, 0.717) is 11.5 Å². The topological polar surface area (TPSA) is 40.5 Å². The summed E-state index contributed by atoms with van der Waals surface area (Å²) >= 11 is 0. The molecule has 0 aromatic heterocycles. The number of hydrogen-bond acceptors (Lipinski definition) is 2. The van der Waals surface area contributed by atoms with Gasteiger partial charge in [0, 0.05) is 6.04 Å². The van der Waals surface area contributed by atoms with E-state index in [1.165, 1.54) is 25.7 Å². The Morgan fingerprint density at radius 3 is 2.28 bits per heavy atom. The van der Waals surface area contributed by atoms with E-state index in [1.807, 2.05) is 6.92 Å². The first kappa shape index (κ1) is 13.9. The van der Waals surface area contributed by atoms with Crippen LogP contribution in [0.25, 0.3) is 0 Å². The molecule has 18 heavy (non-hydrogen) atoms. The maximum atomic E-state index is 11.2. The minimum atomic E-state index is -0.619. The monoisotopic (exact) mass is 253 g/mol. The van der Waals surface area contributed by atoms with E-state index in [1.54, 1.807) is 0 Å². The van der Waals surface area contributed by atoms with Crippen LogP contribution in [-0.4, -0.2) is 35.1 Å². The zero-order valence-corrected chi connectivity index (χ0v) is 12.0. The van der Waals surface area contributed by atoms with E-state index in [2.05, 4.69) is 18.7 Å². The van der Waals surface area contributed by atoms with Crippen molar-refractivity contribution in [2.24, 2.45) is 10.8 Å². The van der Waals surface area contributed by atoms with Crippen LogP contribution in [0.2, 0.25) is 0 Å². The molecule has 0 bridgehead atoms. The van der Waals surface area contributed by atoms with Gasteiger partial charge in [-0.05, 0) is 57.5 Å². The third kappa shape index (κ3) is 2.87. The summed E-state index contributed by atoms with van der Waals surface area (Å²) in [5, 5.41) is 9.26. The molecule has 1 heterocycles. The van der Waals surface area contributed by atoms with Crippen LogP contribution < -0.4 is 0 Å². The Bertz CT molecular complexity index is 316. The van der Waals surface area contributed by atoms with Crippen LogP contribution in [0.4, 0.5) is 0 Å². The molecule has 2 rings (SSSR count). The molecule has 3 heteroatoms. The largest absolute Gasteiger partial charge is 0.481 e. The summed E-state index contributed by atoms with van der Waals surface area (Å²) in [5.74, 6) is -0.619. The van der Waals surface area contributed by atoms with Crippen LogP contribution in [0, 0.1) is 10.8 Å². The molecule has 0 aromatic rings. The molecule has 1 aliphatic carbocycles. The maximum absolute atomic E-state index is 11.2. The highest BCUT2D eigenvalue weighted by Gasteiger charge is 2.40. The molecular formula is C15H27NO2. The first-order chi connectivity index (χ1) is 8.32. The van der Waals surface area contributed by atoms with Gasteiger partial charge in [0.15, 0.2) is 0 Å². The Morgan fingerprint density at radius 1 is 1.17 bits per heavy atom. The van der Waals surface area contributed by atoms with Gasteiger partial charge in [-0.3, -0.25) is 4.79 Å². The van der Waals surface area contributed by atoms with Crippen molar-refractivity contribution in [3.63, 3.8) is 0 Å². The number of carbonyl (C=O) groups is 1. The number of nitrogens with zero attached hydrogens (tertiary/aromatic N) is 1. The second-order valence-electron chi connectivity index (χ2n) is 7.32. The van der Waals surface area contributed by atoms with Gasteiger partial charge >= 0.3 is 5.97 Å². The van der Waals surface area contributed by atoms with Gasteiger partial charge < -0.3 is 10.0 Å². The second-order valence-corrected chi connectivity index (χ2v) is 7.32. The predicted molar refractivity (Wildman–Crippen MR) is 72.6 cm³/mol. The summed E-state index contributed by atoms with van der Waals surface area (Å²) in [5.41, 5.74) is -0.0167. The number of hydrogen-bond donors (Lipinski definition) is 1. The SMILES string of the molecule is CC1(C)CCCC(N2CCC(C)(C(=O)O)CC2)C1. The van der Waals surface area contributed by atoms with Crippen molar-refractivity contribution in [2.75, 3.05) is 13.1 Å². The molecular weight excluding hydrogens is 226 g/mol. The van der Waals surface area contributed by atoms with E-state index < -0.39 is 11.4 Å². The van der Waals surface area contributed by atoms with Crippen LogP contribution in [0.3, 0.4) is 0 Å². The lowest BCUT2D eigenvalue weighted by Gasteiger charge is -2.45. The predicted octanol–water partition coefficient (Wildman–Crippen LogP) is 3.14. The lowest BCUT2D eigenvalue weighted by molar-refractivity contribution is -0.151. The number of aliphatic carboxylic acids is 1. The van der Waals surface area contributed by atoms with Crippen molar-refractivity contribution >= 4 is 5.97 Å². The van der Waals surface area contributed by atoms with Gasteiger partial charge in [0.1, 0.15) is 0 Å². The van der Waals surface area contributed by atoms with Crippen LogP contribution in [0.5, 0.6) is 0 Å². The second kappa shape index (κ2) is 4.84. The van der Waals surface area contributed by atoms with E-state index in [-0.39, 0.29) is 0 Å². The maximum Gasteiger partial charge on any atom is 0.309 e. The van der Waals surface area contributed by atoms with Crippen LogP contribution in [0.1, 0.15) is 59.3 Å². The van der Waals surface area contributed by atoms with Crippen molar-refractivity contribution in [3.05, 3.63) is 0 Å². The number of rotatable bonds is 2. The van der Waals surface area contributed by atoms with E-state index in [0.717, 1.165) is 25.9 Å². The minimum Gasteiger partial charge on any atom is -0.481 e. The number of carboxylic acid groups (broad SMARTS) is 1. The summed E-state index contributed by atoms with van der Waals surface area (Å²) in [4.78, 5) is 13.8. The summed E-state index contributed by atoms with van der Waals surface area (Å²) in [6.07, 6.45) is 6.84. The molecule has 1 N–H and O–H groups in total. The summed E-state index contributed by atoms with van der Waals surface area (Å²) in [6, 6.07) is 0.687. The molecule has 2 fully saturated rings. The first-order valence-electron chi connectivity index (χ1n) is 7.30. The Kier molecular flexibility index (Phi) is 3.72. The molecule has 1 saturated carbocycles. The van der Waals surface area contributed by atoms with E-state index in [4.69, 9.17) is 0 Å². The highest BCUT2D eigenvalue weighted by atomic mass is 16.4. The van der Waals surface area contributed by atoms with Crippen LogP contribution >= 0.6 is 0 Å². The third-order valence-electron chi connectivity index (χ3n) is 5.11. The summed E-state index contributed by atoms with van der Waals surface area (Å²) in [7, 11) is 0. The van der Waals surface area contributed by atoms with Crippen molar-refractivity contribution in [1.29, 1.82) is 0 Å². The molecule has 3 nitrogen and oxygen atoms in total. The number of likely N-dealkylation sites (tertiary alicyclic amines) is 1. The zero-order chi connectivity index (χ0) is 13.4. The Morgan fingerprint density at radius 2 is 1.78 bits per heavy atom. The molecule has 0 aromatic carbocycles. The minimum absolute atomic E-state index is 0.469. The van der Waals surface area contributed by atoms with Crippen molar-refractivity contribution in [3.8, 4) is 0 Å². The van der Waals surface area contributed by atoms with Gasteiger partial charge in [-0.1, -0.05) is 20.3 Å². The van der Waals surface area contributed by atoms with Crippen molar-refractivity contribution in [1.82, 2.24) is 4.90 Å². The van der Waals surface area contributed by atoms with Crippen molar-refractivity contribution in [2.45, 2.75) is 65.3 Å². The average molecular weight is 253 g/mol. The molecule has 0 radical (unpaired) electrons. The smallest absolute Gasteiger partial charge is 0.309 e. The van der Waals surface area contributed by atoms with Gasteiger partial charge in [-0.25, -0.2) is 0 Å². The van der Waals surface area contributed by atoms with Gasteiger partial charge in [-0.2, -0.15) is 0 Å². The summed E-state index contributed by atoms with van der Waals surface area (Å²) in [6.45, 7) is 8.56. The molecule has 1 atom stereocenters. The number of piperidine rings is 1. The van der Waals surface area contributed by atoms with Crippen LogP contribution in [0.15, 0.2) is 0 Å². The Balaban J connectivity index is 1.92. The van der Waals surface area contributed by atoms with E-state index >= 15 is 0 Å². The van der Waals surface area contributed by atoms with Gasteiger partial charge in [-0.15, -0.1) is 0 Å². The lowest BCUT2D eigenvalue weighted by atomic mass is 9.73. The number of carboxylic acids is 1. The highest BCUT2D eigenvalue weighted by Crippen LogP contribution is 2.40.